The molecular weight excluding hydrogens is 342 g/mol. The highest BCUT2D eigenvalue weighted by Crippen LogP contribution is 2.31. The maximum Gasteiger partial charge on any atom is 0.337 e. The van der Waals surface area contributed by atoms with Gasteiger partial charge in [-0.3, -0.25) is 9.78 Å². The van der Waals surface area contributed by atoms with Crippen LogP contribution >= 0.6 is 0 Å². The van der Waals surface area contributed by atoms with Gasteiger partial charge in [0.1, 0.15) is 5.60 Å². The molecule has 1 aliphatic carbocycles. The monoisotopic (exact) mass is 359 g/mol. The quantitative estimate of drug-likeness (QED) is 0.518. The molecule has 27 heavy (non-hydrogen) atoms. The zero-order chi connectivity index (χ0) is 19.3. The molecule has 0 aliphatic heterocycles. The number of ketones is 1. The molecule has 0 bridgehead atoms. The fourth-order valence-corrected chi connectivity index (χ4v) is 2.67. The first-order chi connectivity index (χ1) is 13.0. The van der Waals surface area contributed by atoms with Crippen molar-refractivity contribution in [2.24, 2.45) is 0 Å². The molecule has 5 heteroatoms. The van der Waals surface area contributed by atoms with Crippen molar-refractivity contribution >= 4 is 17.8 Å². The second-order valence-corrected chi connectivity index (χ2v) is 6.01. The number of carbonyl (C=O) groups excluding carboxylic acids is 2. The Kier molecular flexibility index (Phi) is 5.30. The third kappa shape index (κ3) is 4.20. The van der Waals surface area contributed by atoms with E-state index in [4.69, 9.17) is 0 Å². The summed E-state index contributed by atoms with van der Waals surface area (Å²) in [4.78, 5) is 27.7. The summed E-state index contributed by atoms with van der Waals surface area (Å²) < 4.78 is 4.66. The number of carbonyl (C=O) groups is 2. The van der Waals surface area contributed by atoms with Crippen LogP contribution in [0.25, 0.3) is 6.08 Å². The molecule has 3 rings (SSSR count). The van der Waals surface area contributed by atoms with E-state index in [2.05, 4.69) is 21.6 Å². The van der Waals surface area contributed by atoms with E-state index in [-0.39, 0.29) is 17.8 Å². The second-order valence-electron chi connectivity index (χ2n) is 6.01. The molecule has 0 fully saturated rings. The Hall–Kier alpha value is -3.49. The van der Waals surface area contributed by atoms with E-state index in [9.17, 15) is 14.7 Å². The van der Waals surface area contributed by atoms with Gasteiger partial charge in [-0.1, -0.05) is 24.0 Å². The lowest BCUT2D eigenvalue weighted by Gasteiger charge is -2.19. The van der Waals surface area contributed by atoms with E-state index in [0.717, 1.165) is 5.56 Å². The van der Waals surface area contributed by atoms with Gasteiger partial charge in [-0.15, -0.1) is 0 Å². The van der Waals surface area contributed by atoms with Crippen LogP contribution in [0.2, 0.25) is 0 Å². The lowest BCUT2D eigenvalue weighted by atomic mass is 9.91. The molecule has 1 atom stereocenters. The molecule has 134 valence electrons. The molecule has 1 heterocycles. The SMILES string of the molecule is COC(=O)c1ccc(/C=C2/C(=O)C=CC2(O)CC#Cc2cccnc2)cc1. The number of pyridine rings is 1. The van der Waals surface area contributed by atoms with E-state index < -0.39 is 11.6 Å². The molecule has 1 N–H and O–H groups in total. The van der Waals surface area contributed by atoms with Crippen molar-refractivity contribution in [1.29, 1.82) is 0 Å². The fourth-order valence-electron chi connectivity index (χ4n) is 2.67. The highest BCUT2D eigenvalue weighted by atomic mass is 16.5. The average Bonchev–Trinajstić information content (AvgIpc) is 2.97. The normalized spacial score (nSPS) is 19.6. The molecule has 0 spiro atoms. The molecule has 0 saturated heterocycles. The molecule has 0 radical (unpaired) electrons. The molecule has 2 aromatic rings. The van der Waals surface area contributed by atoms with Crippen LogP contribution < -0.4 is 0 Å². The summed E-state index contributed by atoms with van der Waals surface area (Å²) in [6, 6.07) is 10.2. The molecule has 1 unspecified atom stereocenters. The number of allylic oxidation sites excluding steroid dienone is 1. The summed E-state index contributed by atoms with van der Waals surface area (Å²) in [7, 11) is 1.31. The van der Waals surface area contributed by atoms with E-state index >= 15 is 0 Å². The van der Waals surface area contributed by atoms with Gasteiger partial charge in [-0.25, -0.2) is 4.79 Å². The number of rotatable bonds is 3. The smallest absolute Gasteiger partial charge is 0.337 e. The van der Waals surface area contributed by atoms with Crippen molar-refractivity contribution in [3.63, 3.8) is 0 Å². The predicted octanol–water partition coefficient (Wildman–Crippen LogP) is 2.56. The Bertz CT molecular complexity index is 978. The number of hydrogen-bond acceptors (Lipinski definition) is 5. The van der Waals surface area contributed by atoms with Crippen molar-refractivity contribution in [2.75, 3.05) is 7.11 Å². The molecule has 0 amide bonds. The van der Waals surface area contributed by atoms with Crippen LogP contribution in [0.15, 0.2) is 66.5 Å². The lowest BCUT2D eigenvalue weighted by molar-refractivity contribution is -0.111. The minimum Gasteiger partial charge on any atom is -0.465 e. The Morgan fingerprint density at radius 1 is 1.30 bits per heavy atom. The topological polar surface area (TPSA) is 76.5 Å². The Morgan fingerprint density at radius 3 is 2.74 bits per heavy atom. The third-order valence-corrected chi connectivity index (χ3v) is 4.14. The highest BCUT2D eigenvalue weighted by Gasteiger charge is 2.36. The van der Waals surface area contributed by atoms with E-state index in [1.165, 1.54) is 19.3 Å². The fraction of sp³-hybridized carbons (Fsp3) is 0.136. The van der Waals surface area contributed by atoms with Crippen molar-refractivity contribution < 1.29 is 19.4 Å². The summed E-state index contributed by atoms with van der Waals surface area (Å²) in [5.74, 6) is 5.13. The zero-order valence-corrected chi connectivity index (χ0v) is 14.7. The van der Waals surface area contributed by atoms with Gasteiger partial charge in [-0.05, 0) is 48.1 Å². The summed E-state index contributed by atoms with van der Waals surface area (Å²) in [5, 5.41) is 10.9. The number of ether oxygens (including phenoxy) is 1. The lowest BCUT2D eigenvalue weighted by Crippen LogP contribution is -2.27. The van der Waals surface area contributed by atoms with Gasteiger partial charge in [0, 0.05) is 30.0 Å². The minimum absolute atomic E-state index is 0.0796. The maximum absolute atomic E-state index is 12.2. The van der Waals surface area contributed by atoms with Gasteiger partial charge in [0.05, 0.1) is 12.7 Å². The third-order valence-electron chi connectivity index (χ3n) is 4.14. The van der Waals surface area contributed by atoms with Gasteiger partial charge < -0.3 is 9.84 Å². The standard InChI is InChI=1S/C22H17NO4/c1-27-21(25)18-8-6-16(7-9-18)14-19-20(24)10-12-22(19,26)11-2-4-17-5-3-13-23-15-17/h3,5-10,12-15,26H,11H2,1H3/b19-14-. The molecular formula is C22H17NO4. The number of nitrogens with zero attached hydrogens (tertiary/aromatic N) is 1. The molecule has 0 saturated carbocycles. The van der Waals surface area contributed by atoms with E-state index in [1.807, 2.05) is 6.07 Å². The van der Waals surface area contributed by atoms with Crippen molar-refractivity contribution in [2.45, 2.75) is 12.0 Å². The van der Waals surface area contributed by atoms with Crippen LogP contribution in [0.4, 0.5) is 0 Å². The molecule has 1 aromatic carbocycles. The number of aliphatic hydroxyl groups is 1. The highest BCUT2D eigenvalue weighted by molar-refractivity contribution is 6.12. The van der Waals surface area contributed by atoms with Gasteiger partial charge in [0.15, 0.2) is 5.78 Å². The van der Waals surface area contributed by atoms with Gasteiger partial charge in [0.25, 0.3) is 0 Å². The van der Waals surface area contributed by atoms with Crippen LogP contribution in [0.1, 0.15) is 27.9 Å². The van der Waals surface area contributed by atoms with Crippen LogP contribution in [-0.4, -0.2) is 34.6 Å². The van der Waals surface area contributed by atoms with Gasteiger partial charge in [0.2, 0.25) is 0 Å². The summed E-state index contributed by atoms with van der Waals surface area (Å²) in [6.45, 7) is 0. The molecule has 5 nitrogen and oxygen atoms in total. The largest absolute Gasteiger partial charge is 0.465 e. The van der Waals surface area contributed by atoms with Crippen LogP contribution in [0.3, 0.4) is 0 Å². The number of aromatic nitrogens is 1. The predicted molar refractivity (Wildman–Crippen MR) is 101 cm³/mol. The van der Waals surface area contributed by atoms with Gasteiger partial charge in [-0.2, -0.15) is 0 Å². The average molecular weight is 359 g/mol. The summed E-state index contributed by atoms with van der Waals surface area (Å²) >= 11 is 0. The minimum atomic E-state index is -1.45. The first kappa shape index (κ1) is 18.3. The number of methoxy groups -OCH3 is 1. The van der Waals surface area contributed by atoms with E-state index in [0.29, 0.717) is 11.1 Å². The van der Waals surface area contributed by atoms with Crippen molar-refractivity contribution in [3.05, 3.63) is 83.2 Å². The zero-order valence-electron chi connectivity index (χ0n) is 14.7. The van der Waals surface area contributed by atoms with Gasteiger partial charge >= 0.3 is 5.97 Å². The molecule has 1 aliphatic rings. The number of esters is 1. The molecule has 1 aromatic heterocycles. The first-order valence-corrected chi connectivity index (χ1v) is 8.27. The van der Waals surface area contributed by atoms with E-state index in [1.54, 1.807) is 48.8 Å². The Balaban J connectivity index is 1.82. The number of benzene rings is 1. The van der Waals surface area contributed by atoms with Crippen molar-refractivity contribution in [1.82, 2.24) is 4.98 Å². The van der Waals surface area contributed by atoms with Crippen LogP contribution in [-0.2, 0) is 9.53 Å². The first-order valence-electron chi connectivity index (χ1n) is 8.27. The number of hydrogen-bond donors (Lipinski definition) is 1. The van der Waals surface area contributed by atoms with Crippen LogP contribution in [0.5, 0.6) is 0 Å². The Labute approximate surface area is 157 Å². The Morgan fingerprint density at radius 2 is 2.07 bits per heavy atom. The maximum atomic E-state index is 12.2. The second kappa shape index (κ2) is 7.81. The summed E-state index contributed by atoms with van der Waals surface area (Å²) in [5.41, 5.74) is 0.626. The van der Waals surface area contributed by atoms with Crippen molar-refractivity contribution in [3.8, 4) is 11.8 Å². The summed E-state index contributed by atoms with van der Waals surface area (Å²) in [6.07, 6.45) is 7.78. The van der Waals surface area contributed by atoms with Crippen LogP contribution in [0, 0.1) is 11.8 Å².